The van der Waals surface area contributed by atoms with Gasteiger partial charge in [0.05, 0.1) is 12.0 Å². The molecule has 90 valence electrons. The second-order valence-electron chi connectivity index (χ2n) is 4.69. The summed E-state index contributed by atoms with van der Waals surface area (Å²) in [6.45, 7) is 11.7. The van der Waals surface area contributed by atoms with Crippen molar-refractivity contribution in [2.75, 3.05) is 0 Å². The highest BCUT2D eigenvalue weighted by Crippen LogP contribution is 2.17. The van der Waals surface area contributed by atoms with Crippen LogP contribution in [0.3, 0.4) is 0 Å². The van der Waals surface area contributed by atoms with Gasteiger partial charge in [0.15, 0.2) is 0 Å². The Labute approximate surface area is 93.5 Å². The molecule has 1 N–H and O–H groups in total. The van der Waals surface area contributed by atoms with Crippen LogP contribution in [-0.4, -0.2) is 34.1 Å². The standard InChI is InChI=1S/C12H25NO2/c1-7-11(10(6)14)12(15)13(8(2)3)9(4)5/h8-11,14H,7H2,1-6H3. The summed E-state index contributed by atoms with van der Waals surface area (Å²) in [7, 11) is 0. The predicted molar refractivity (Wildman–Crippen MR) is 62.6 cm³/mol. The molecule has 0 aliphatic heterocycles. The first-order chi connectivity index (χ1) is 6.82. The van der Waals surface area contributed by atoms with Crippen LogP contribution >= 0.6 is 0 Å². The first kappa shape index (κ1) is 14.4. The van der Waals surface area contributed by atoms with Gasteiger partial charge >= 0.3 is 0 Å². The fourth-order valence-corrected chi connectivity index (χ4v) is 2.02. The van der Waals surface area contributed by atoms with Crippen LogP contribution in [-0.2, 0) is 4.79 Å². The Kier molecular flexibility index (Phi) is 5.88. The Morgan fingerprint density at radius 3 is 1.73 bits per heavy atom. The molecule has 0 aromatic heterocycles. The zero-order chi connectivity index (χ0) is 12.2. The maximum atomic E-state index is 12.2. The van der Waals surface area contributed by atoms with Crippen LogP contribution in [0.5, 0.6) is 0 Å². The van der Waals surface area contributed by atoms with E-state index in [2.05, 4.69) is 0 Å². The minimum atomic E-state index is -0.567. The van der Waals surface area contributed by atoms with Crippen molar-refractivity contribution >= 4 is 5.91 Å². The molecule has 1 amide bonds. The third-order valence-corrected chi connectivity index (χ3v) is 2.71. The maximum Gasteiger partial charge on any atom is 0.228 e. The van der Waals surface area contributed by atoms with Gasteiger partial charge in [0.1, 0.15) is 0 Å². The molecule has 0 fully saturated rings. The van der Waals surface area contributed by atoms with Crippen molar-refractivity contribution in [2.45, 2.75) is 66.2 Å². The monoisotopic (exact) mass is 215 g/mol. The average molecular weight is 215 g/mol. The molecule has 0 radical (unpaired) electrons. The SMILES string of the molecule is CCC(C(=O)N(C(C)C)C(C)C)C(C)O. The third kappa shape index (κ3) is 3.82. The minimum Gasteiger partial charge on any atom is -0.393 e. The van der Waals surface area contributed by atoms with Crippen LogP contribution in [0.2, 0.25) is 0 Å². The number of amides is 1. The molecule has 0 saturated carbocycles. The van der Waals surface area contributed by atoms with Gasteiger partial charge in [0.2, 0.25) is 5.91 Å². The third-order valence-electron chi connectivity index (χ3n) is 2.71. The van der Waals surface area contributed by atoms with Crippen molar-refractivity contribution in [1.29, 1.82) is 0 Å². The fraction of sp³-hybridized carbons (Fsp3) is 0.917. The summed E-state index contributed by atoms with van der Waals surface area (Å²) in [5.74, 6) is -0.202. The van der Waals surface area contributed by atoms with E-state index in [1.165, 1.54) is 0 Å². The quantitative estimate of drug-likeness (QED) is 0.762. The van der Waals surface area contributed by atoms with E-state index in [9.17, 15) is 9.90 Å². The molecule has 0 heterocycles. The van der Waals surface area contributed by atoms with Gasteiger partial charge < -0.3 is 10.0 Å². The maximum absolute atomic E-state index is 12.2. The van der Waals surface area contributed by atoms with Crippen LogP contribution in [0, 0.1) is 5.92 Å². The zero-order valence-corrected chi connectivity index (χ0v) is 10.8. The Balaban J connectivity index is 4.76. The van der Waals surface area contributed by atoms with Crippen LogP contribution in [0.25, 0.3) is 0 Å². The number of carbonyl (C=O) groups excluding carboxylic acids is 1. The van der Waals surface area contributed by atoms with Crippen molar-refractivity contribution in [1.82, 2.24) is 4.90 Å². The second-order valence-corrected chi connectivity index (χ2v) is 4.69. The predicted octanol–water partition coefficient (Wildman–Crippen LogP) is 2.04. The molecule has 3 nitrogen and oxygen atoms in total. The molecule has 0 aromatic carbocycles. The molecular formula is C12H25NO2. The molecule has 0 aliphatic rings. The van der Waals surface area contributed by atoms with Gasteiger partial charge in [-0.25, -0.2) is 0 Å². The van der Waals surface area contributed by atoms with Gasteiger partial charge in [-0.2, -0.15) is 0 Å². The molecule has 0 bridgehead atoms. The number of rotatable bonds is 5. The van der Waals surface area contributed by atoms with E-state index in [0.717, 1.165) is 0 Å². The summed E-state index contributed by atoms with van der Waals surface area (Å²) >= 11 is 0. The lowest BCUT2D eigenvalue weighted by Crippen LogP contribution is -2.47. The first-order valence-electron chi connectivity index (χ1n) is 5.83. The van der Waals surface area contributed by atoms with E-state index in [-0.39, 0.29) is 23.9 Å². The highest BCUT2D eigenvalue weighted by atomic mass is 16.3. The number of nitrogens with zero attached hydrogens (tertiary/aromatic N) is 1. The van der Waals surface area contributed by atoms with Gasteiger partial charge in [-0.3, -0.25) is 4.79 Å². The summed E-state index contributed by atoms with van der Waals surface area (Å²) in [5, 5.41) is 9.55. The Morgan fingerprint density at radius 1 is 1.13 bits per heavy atom. The van der Waals surface area contributed by atoms with Crippen LogP contribution in [0.15, 0.2) is 0 Å². The molecule has 0 saturated heterocycles. The van der Waals surface area contributed by atoms with E-state index < -0.39 is 6.10 Å². The normalized spacial score (nSPS) is 15.5. The van der Waals surface area contributed by atoms with Gasteiger partial charge in [0.25, 0.3) is 0 Å². The van der Waals surface area contributed by atoms with Crippen LogP contribution in [0.4, 0.5) is 0 Å². The molecule has 2 atom stereocenters. The smallest absolute Gasteiger partial charge is 0.228 e. The number of aliphatic hydroxyl groups excluding tert-OH is 1. The number of carbonyl (C=O) groups is 1. The van der Waals surface area contributed by atoms with Crippen molar-refractivity contribution < 1.29 is 9.90 Å². The van der Waals surface area contributed by atoms with Crippen LogP contribution < -0.4 is 0 Å². The fourth-order valence-electron chi connectivity index (χ4n) is 2.02. The molecule has 2 unspecified atom stereocenters. The highest BCUT2D eigenvalue weighted by Gasteiger charge is 2.29. The van der Waals surface area contributed by atoms with Crippen molar-refractivity contribution in [3.63, 3.8) is 0 Å². The first-order valence-corrected chi connectivity index (χ1v) is 5.83. The van der Waals surface area contributed by atoms with E-state index in [1.54, 1.807) is 6.92 Å². The van der Waals surface area contributed by atoms with Crippen LogP contribution in [0.1, 0.15) is 48.0 Å². The summed E-state index contributed by atoms with van der Waals surface area (Å²) in [6, 6.07) is 0.371. The lowest BCUT2D eigenvalue weighted by molar-refractivity contribution is -0.142. The molecule has 0 spiro atoms. The summed E-state index contributed by atoms with van der Waals surface area (Å²) in [6.07, 6.45) is 0.120. The van der Waals surface area contributed by atoms with Gasteiger partial charge in [0, 0.05) is 12.1 Å². The van der Waals surface area contributed by atoms with Crippen molar-refractivity contribution in [3.05, 3.63) is 0 Å². The van der Waals surface area contributed by atoms with Crippen molar-refractivity contribution in [3.8, 4) is 0 Å². The van der Waals surface area contributed by atoms with E-state index in [4.69, 9.17) is 0 Å². The topological polar surface area (TPSA) is 40.5 Å². The Bertz CT molecular complexity index is 192. The van der Waals surface area contributed by atoms with Gasteiger partial charge in [-0.15, -0.1) is 0 Å². The van der Waals surface area contributed by atoms with Crippen molar-refractivity contribution in [2.24, 2.45) is 5.92 Å². The largest absolute Gasteiger partial charge is 0.393 e. The van der Waals surface area contributed by atoms with E-state index in [0.29, 0.717) is 6.42 Å². The van der Waals surface area contributed by atoms with E-state index in [1.807, 2.05) is 39.5 Å². The summed E-state index contributed by atoms with van der Waals surface area (Å²) in [5.41, 5.74) is 0. The molecule has 3 heteroatoms. The second kappa shape index (κ2) is 6.11. The summed E-state index contributed by atoms with van der Waals surface area (Å²) in [4.78, 5) is 14.0. The summed E-state index contributed by atoms with van der Waals surface area (Å²) < 4.78 is 0. The number of hydrogen-bond donors (Lipinski definition) is 1. The molecule has 0 aromatic rings. The number of hydrogen-bond acceptors (Lipinski definition) is 2. The minimum absolute atomic E-state index is 0.0671. The molecule has 0 aliphatic carbocycles. The molecule has 15 heavy (non-hydrogen) atoms. The van der Waals surface area contributed by atoms with E-state index >= 15 is 0 Å². The number of aliphatic hydroxyl groups is 1. The van der Waals surface area contributed by atoms with Gasteiger partial charge in [-0.05, 0) is 41.0 Å². The average Bonchev–Trinajstić information content (AvgIpc) is 2.02. The Hall–Kier alpha value is -0.570. The zero-order valence-electron chi connectivity index (χ0n) is 10.8. The highest BCUT2D eigenvalue weighted by molar-refractivity contribution is 5.79. The lowest BCUT2D eigenvalue weighted by Gasteiger charge is -2.34. The molecule has 0 rings (SSSR count). The van der Waals surface area contributed by atoms with Gasteiger partial charge in [-0.1, -0.05) is 6.92 Å². The lowest BCUT2D eigenvalue weighted by atomic mass is 9.97. The molecular weight excluding hydrogens is 190 g/mol. The Morgan fingerprint density at radius 2 is 1.53 bits per heavy atom.